The molecule has 0 saturated carbocycles. The number of aryl methyl sites for hydroxylation is 1. The molecule has 1 N–H and O–H groups in total. The van der Waals surface area contributed by atoms with Crippen molar-refractivity contribution < 1.29 is 0 Å². The van der Waals surface area contributed by atoms with Crippen molar-refractivity contribution in [2.24, 2.45) is 0 Å². The van der Waals surface area contributed by atoms with Crippen LogP contribution >= 0.6 is 47.8 Å². The Labute approximate surface area is 193 Å². The highest BCUT2D eigenvalue weighted by Gasteiger charge is 2.16. The molecule has 0 radical (unpaired) electrons. The molecule has 1 aromatic carbocycles. The molecule has 7 nitrogen and oxygen atoms in total. The molecule has 4 rings (SSSR count). The van der Waals surface area contributed by atoms with Gasteiger partial charge in [-0.3, -0.25) is 0 Å². The highest BCUT2D eigenvalue weighted by atomic mass is 79.9. The van der Waals surface area contributed by atoms with Gasteiger partial charge in [0, 0.05) is 29.3 Å². The largest absolute Gasteiger partial charge is 0.317 e. The number of hydrogen-bond acceptors (Lipinski definition) is 4. The number of rotatable bonds is 7. The molecule has 0 unspecified atom stereocenters. The second kappa shape index (κ2) is 8.93. The molecule has 0 aliphatic rings. The Morgan fingerprint density at radius 2 is 1.86 bits per heavy atom. The fraction of sp³-hybridized carbons (Fsp3) is 0.263. The summed E-state index contributed by atoms with van der Waals surface area (Å²) in [7, 11) is 0. The third kappa shape index (κ3) is 4.24. The predicted molar refractivity (Wildman–Crippen MR) is 122 cm³/mol. The van der Waals surface area contributed by atoms with Gasteiger partial charge in [-0.25, -0.2) is 10.1 Å². The number of halogens is 3. The van der Waals surface area contributed by atoms with Gasteiger partial charge in [0.15, 0.2) is 5.82 Å². The van der Waals surface area contributed by atoms with Crippen molar-refractivity contribution in [1.82, 2.24) is 34.7 Å². The van der Waals surface area contributed by atoms with Gasteiger partial charge in [-0.15, -0.1) is 5.10 Å². The number of H-pyrrole nitrogens is 1. The Hall–Kier alpha value is -1.78. The average Bonchev–Trinajstić information content (AvgIpc) is 3.43. The number of aromatic nitrogens is 7. The summed E-state index contributed by atoms with van der Waals surface area (Å²) in [5.41, 5.74) is 3.11. The second-order valence-electron chi connectivity index (χ2n) is 6.60. The standard InChI is InChI=1S/C19H18Br3N7/c1-2-3-4-15-23-17(21)18(22)29(15)11-12-5-7-13(8-6-12)28-10-9-14(20)16(28)19-24-26-27-25-19/h5-10H,2-4,11H2,1H3,(H,24,25,26,27). The normalized spacial score (nSPS) is 11.3. The van der Waals surface area contributed by atoms with E-state index in [2.05, 4.69) is 109 Å². The van der Waals surface area contributed by atoms with Crippen LogP contribution in [0.25, 0.3) is 17.2 Å². The lowest BCUT2D eigenvalue weighted by Crippen LogP contribution is -2.06. The minimum absolute atomic E-state index is 0.610. The Balaban J connectivity index is 1.61. The van der Waals surface area contributed by atoms with Gasteiger partial charge in [-0.2, -0.15) is 0 Å². The van der Waals surface area contributed by atoms with Crippen LogP contribution in [0, 0.1) is 0 Å². The van der Waals surface area contributed by atoms with Crippen molar-refractivity contribution in [1.29, 1.82) is 0 Å². The van der Waals surface area contributed by atoms with Gasteiger partial charge in [0.05, 0.1) is 0 Å². The first kappa shape index (κ1) is 20.5. The third-order valence-electron chi connectivity index (χ3n) is 4.66. The van der Waals surface area contributed by atoms with Crippen LogP contribution in [0.1, 0.15) is 31.2 Å². The van der Waals surface area contributed by atoms with E-state index in [1.165, 1.54) is 5.56 Å². The van der Waals surface area contributed by atoms with Gasteiger partial charge in [0.1, 0.15) is 20.7 Å². The molecule has 0 atom stereocenters. The lowest BCUT2D eigenvalue weighted by atomic mass is 10.2. The molecule has 0 spiro atoms. The Morgan fingerprint density at radius 3 is 2.55 bits per heavy atom. The quantitative estimate of drug-likeness (QED) is 0.310. The van der Waals surface area contributed by atoms with Crippen LogP contribution in [-0.2, 0) is 13.0 Å². The number of imidazole rings is 1. The van der Waals surface area contributed by atoms with Gasteiger partial charge in [0.25, 0.3) is 0 Å². The van der Waals surface area contributed by atoms with Crippen LogP contribution in [0.3, 0.4) is 0 Å². The maximum atomic E-state index is 4.65. The van der Waals surface area contributed by atoms with E-state index in [4.69, 9.17) is 0 Å². The van der Waals surface area contributed by atoms with Crippen LogP contribution in [0.2, 0.25) is 0 Å². The molecule has 3 aromatic heterocycles. The molecule has 0 bridgehead atoms. The molecule has 0 amide bonds. The summed E-state index contributed by atoms with van der Waals surface area (Å²) in [5, 5.41) is 14.2. The van der Waals surface area contributed by atoms with E-state index in [1.54, 1.807) is 0 Å². The zero-order valence-corrected chi connectivity index (χ0v) is 20.4. The summed E-state index contributed by atoms with van der Waals surface area (Å²) in [4.78, 5) is 4.65. The lowest BCUT2D eigenvalue weighted by molar-refractivity contribution is 0.670. The summed E-state index contributed by atoms with van der Waals surface area (Å²) in [6.45, 7) is 2.95. The van der Waals surface area contributed by atoms with E-state index in [1.807, 2.05) is 16.8 Å². The molecule has 0 aliphatic carbocycles. The van der Waals surface area contributed by atoms with E-state index in [0.29, 0.717) is 5.82 Å². The van der Waals surface area contributed by atoms with E-state index in [9.17, 15) is 0 Å². The number of nitrogens with one attached hydrogen (secondary N) is 1. The summed E-state index contributed by atoms with van der Waals surface area (Å²) < 4.78 is 7.01. The Morgan fingerprint density at radius 1 is 1.07 bits per heavy atom. The number of aromatic amines is 1. The molecule has 29 heavy (non-hydrogen) atoms. The minimum atomic E-state index is 0.610. The van der Waals surface area contributed by atoms with Crippen molar-refractivity contribution >= 4 is 47.8 Å². The molecule has 0 saturated heterocycles. The molecule has 3 heterocycles. The van der Waals surface area contributed by atoms with Crippen molar-refractivity contribution in [3.05, 3.63) is 61.6 Å². The van der Waals surface area contributed by atoms with Crippen LogP contribution in [0.15, 0.2) is 50.2 Å². The molecule has 150 valence electrons. The molecular formula is C19H18Br3N7. The first-order valence-electron chi connectivity index (χ1n) is 9.19. The predicted octanol–water partition coefficient (Wildman–Crippen LogP) is 5.53. The monoisotopic (exact) mass is 581 g/mol. The highest BCUT2D eigenvalue weighted by molar-refractivity contribution is 9.13. The fourth-order valence-electron chi connectivity index (χ4n) is 3.19. The van der Waals surface area contributed by atoms with Gasteiger partial charge in [0.2, 0.25) is 0 Å². The number of unbranched alkanes of at least 4 members (excludes halogenated alkanes) is 1. The summed E-state index contributed by atoms with van der Waals surface area (Å²) >= 11 is 10.8. The summed E-state index contributed by atoms with van der Waals surface area (Å²) in [5.74, 6) is 1.70. The molecular weight excluding hydrogens is 566 g/mol. The van der Waals surface area contributed by atoms with Crippen molar-refractivity contribution in [2.75, 3.05) is 0 Å². The van der Waals surface area contributed by atoms with E-state index < -0.39 is 0 Å². The lowest BCUT2D eigenvalue weighted by Gasteiger charge is -2.12. The fourth-order valence-corrected chi connectivity index (χ4v) is 4.52. The van der Waals surface area contributed by atoms with Gasteiger partial charge < -0.3 is 9.13 Å². The topological polar surface area (TPSA) is 77.2 Å². The molecule has 10 heteroatoms. The third-order valence-corrected chi connectivity index (χ3v) is 7.19. The molecule has 0 aliphatic heterocycles. The van der Waals surface area contributed by atoms with Crippen molar-refractivity contribution in [3.8, 4) is 17.2 Å². The van der Waals surface area contributed by atoms with Gasteiger partial charge in [-0.1, -0.05) is 25.5 Å². The first-order chi connectivity index (χ1) is 14.1. The number of tetrazole rings is 1. The minimum Gasteiger partial charge on any atom is -0.317 e. The van der Waals surface area contributed by atoms with E-state index >= 15 is 0 Å². The van der Waals surface area contributed by atoms with Crippen LogP contribution < -0.4 is 0 Å². The zero-order valence-electron chi connectivity index (χ0n) is 15.6. The maximum Gasteiger partial charge on any atom is 0.197 e. The Kier molecular flexibility index (Phi) is 6.31. The number of hydrogen-bond donors (Lipinski definition) is 1. The van der Waals surface area contributed by atoms with E-state index in [-0.39, 0.29) is 0 Å². The van der Waals surface area contributed by atoms with Gasteiger partial charge in [-0.05, 0) is 88.4 Å². The molecule has 0 fully saturated rings. The van der Waals surface area contributed by atoms with Crippen LogP contribution in [0.5, 0.6) is 0 Å². The Bertz CT molecular complexity index is 1100. The number of nitrogens with zero attached hydrogens (tertiary/aromatic N) is 6. The zero-order chi connectivity index (χ0) is 20.4. The van der Waals surface area contributed by atoms with Crippen molar-refractivity contribution in [2.45, 2.75) is 32.7 Å². The number of benzene rings is 1. The van der Waals surface area contributed by atoms with Crippen molar-refractivity contribution in [3.63, 3.8) is 0 Å². The van der Waals surface area contributed by atoms with Crippen LogP contribution in [0.4, 0.5) is 0 Å². The summed E-state index contributed by atoms with van der Waals surface area (Å²) in [6.07, 6.45) is 5.22. The van der Waals surface area contributed by atoms with E-state index in [0.717, 1.165) is 56.7 Å². The first-order valence-corrected chi connectivity index (χ1v) is 11.6. The summed E-state index contributed by atoms with van der Waals surface area (Å²) in [6, 6.07) is 10.4. The second-order valence-corrected chi connectivity index (χ2v) is 8.95. The molecule has 4 aromatic rings. The maximum absolute atomic E-state index is 4.65. The van der Waals surface area contributed by atoms with Gasteiger partial charge >= 0.3 is 0 Å². The smallest absolute Gasteiger partial charge is 0.197 e. The SMILES string of the molecule is CCCCc1nc(Br)c(Br)n1Cc1ccc(-n2ccc(Br)c2-c2nnn[nH]2)cc1. The average molecular weight is 584 g/mol. The highest BCUT2D eigenvalue weighted by Crippen LogP contribution is 2.30. The van der Waals surface area contributed by atoms with Crippen LogP contribution in [-0.4, -0.2) is 34.7 Å².